The number of primary amides is 1. The highest BCUT2D eigenvalue weighted by molar-refractivity contribution is 7.19. The van der Waals surface area contributed by atoms with E-state index in [1.54, 1.807) is 19.1 Å². The molecule has 4 aromatic rings. The number of benzene rings is 2. The second-order valence-corrected chi connectivity index (χ2v) is 8.23. The lowest BCUT2D eigenvalue weighted by Crippen LogP contribution is -2.35. The van der Waals surface area contributed by atoms with Gasteiger partial charge in [0.1, 0.15) is 22.5 Å². The number of fused-ring (bicyclic) bond motifs is 1. The van der Waals surface area contributed by atoms with Crippen molar-refractivity contribution in [3.63, 3.8) is 0 Å². The first-order chi connectivity index (χ1) is 14.4. The van der Waals surface area contributed by atoms with Gasteiger partial charge in [-0.2, -0.15) is 0 Å². The molecule has 152 valence electrons. The van der Waals surface area contributed by atoms with Gasteiger partial charge in [-0.3, -0.25) is 14.2 Å². The summed E-state index contributed by atoms with van der Waals surface area (Å²) in [6.07, 6.45) is 0.358. The fourth-order valence-electron chi connectivity index (χ4n) is 3.73. The Kier molecular flexibility index (Phi) is 5.22. The van der Waals surface area contributed by atoms with Crippen LogP contribution in [-0.2, 0) is 4.79 Å². The maximum atomic E-state index is 13.7. The zero-order valence-corrected chi connectivity index (χ0v) is 17.4. The van der Waals surface area contributed by atoms with Crippen molar-refractivity contribution in [3.8, 4) is 22.5 Å². The van der Waals surface area contributed by atoms with E-state index in [-0.39, 0.29) is 11.4 Å². The average Bonchev–Trinajstić information content (AvgIpc) is 3.07. The standard InChI is InChI=1S/C23H20FN3O2S/c1-3-17(20(25)28)27-21(15-7-5-4-6-8-15)26-22-19(23(27)29)18(13(2)30-22)14-9-11-16(24)12-10-14/h4-12,17H,3H2,1-2H3,(H2,25,28). The van der Waals surface area contributed by atoms with Crippen LogP contribution in [0.25, 0.3) is 32.7 Å². The Morgan fingerprint density at radius 2 is 1.80 bits per heavy atom. The summed E-state index contributed by atoms with van der Waals surface area (Å²) in [5, 5.41) is 0.420. The van der Waals surface area contributed by atoms with Gasteiger partial charge in [-0.15, -0.1) is 11.3 Å². The summed E-state index contributed by atoms with van der Waals surface area (Å²) >= 11 is 1.40. The zero-order chi connectivity index (χ0) is 21.4. The molecule has 1 amide bonds. The monoisotopic (exact) mass is 421 g/mol. The van der Waals surface area contributed by atoms with Crippen LogP contribution in [0, 0.1) is 12.7 Å². The molecule has 7 heteroatoms. The van der Waals surface area contributed by atoms with E-state index in [4.69, 9.17) is 10.7 Å². The lowest BCUT2D eigenvalue weighted by Gasteiger charge is -2.19. The molecule has 0 spiro atoms. The van der Waals surface area contributed by atoms with Crippen LogP contribution in [0.2, 0.25) is 0 Å². The van der Waals surface area contributed by atoms with Crippen LogP contribution in [0.5, 0.6) is 0 Å². The van der Waals surface area contributed by atoms with Crippen molar-refractivity contribution in [3.05, 3.63) is 75.6 Å². The lowest BCUT2D eigenvalue weighted by molar-refractivity contribution is -0.121. The Morgan fingerprint density at radius 1 is 1.13 bits per heavy atom. The van der Waals surface area contributed by atoms with Crippen LogP contribution in [0.3, 0.4) is 0 Å². The molecule has 1 unspecified atom stereocenters. The molecule has 5 nitrogen and oxygen atoms in total. The molecule has 1 atom stereocenters. The first kappa shape index (κ1) is 20.0. The van der Waals surface area contributed by atoms with Crippen molar-refractivity contribution >= 4 is 27.5 Å². The molecule has 2 aromatic heterocycles. The number of aryl methyl sites for hydroxylation is 1. The van der Waals surface area contributed by atoms with E-state index in [9.17, 15) is 14.0 Å². The van der Waals surface area contributed by atoms with Gasteiger partial charge in [-0.1, -0.05) is 49.4 Å². The molecule has 0 bridgehead atoms. The SMILES string of the molecule is CCC(C(N)=O)n1c(-c2ccccc2)nc2sc(C)c(-c3ccc(F)cc3)c2c1=O. The van der Waals surface area contributed by atoms with Crippen molar-refractivity contribution in [1.29, 1.82) is 0 Å². The molecule has 2 heterocycles. The van der Waals surface area contributed by atoms with Crippen LogP contribution < -0.4 is 11.3 Å². The van der Waals surface area contributed by atoms with Gasteiger partial charge in [0.2, 0.25) is 5.91 Å². The van der Waals surface area contributed by atoms with Crippen LogP contribution in [0.4, 0.5) is 4.39 Å². The third-order valence-corrected chi connectivity index (χ3v) is 6.12. The topological polar surface area (TPSA) is 78.0 Å². The molecule has 0 saturated heterocycles. The van der Waals surface area contributed by atoms with Crippen LogP contribution in [0.15, 0.2) is 59.4 Å². The minimum Gasteiger partial charge on any atom is -0.368 e. The molecule has 30 heavy (non-hydrogen) atoms. The lowest BCUT2D eigenvalue weighted by atomic mass is 10.0. The predicted octanol–water partition coefficient (Wildman–Crippen LogP) is 4.68. The van der Waals surface area contributed by atoms with Gasteiger partial charge < -0.3 is 5.73 Å². The highest BCUT2D eigenvalue weighted by Gasteiger charge is 2.26. The first-order valence-electron chi connectivity index (χ1n) is 9.58. The Labute approximate surface area is 176 Å². The number of hydrogen-bond donors (Lipinski definition) is 1. The van der Waals surface area contributed by atoms with Crippen LogP contribution >= 0.6 is 11.3 Å². The molecule has 0 aliphatic heterocycles. The molecular weight excluding hydrogens is 401 g/mol. The highest BCUT2D eigenvalue weighted by Crippen LogP contribution is 2.37. The quantitative estimate of drug-likeness (QED) is 0.508. The summed E-state index contributed by atoms with van der Waals surface area (Å²) in [5.74, 6) is -0.531. The number of rotatable bonds is 5. The second-order valence-electron chi connectivity index (χ2n) is 7.02. The number of nitrogens with zero attached hydrogens (tertiary/aromatic N) is 2. The van der Waals surface area contributed by atoms with Crippen LogP contribution in [0.1, 0.15) is 24.3 Å². The highest BCUT2D eigenvalue weighted by atomic mass is 32.1. The maximum Gasteiger partial charge on any atom is 0.263 e. The van der Waals surface area contributed by atoms with E-state index in [0.29, 0.717) is 28.0 Å². The zero-order valence-electron chi connectivity index (χ0n) is 16.6. The number of nitrogens with two attached hydrogens (primary N) is 1. The molecule has 0 radical (unpaired) electrons. The fraction of sp³-hybridized carbons (Fsp3) is 0.174. The third kappa shape index (κ3) is 3.31. The van der Waals surface area contributed by atoms with Gasteiger partial charge in [-0.05, 0) is 31.0 Å². The molecular formula is C23H20FN3O2S. The number of hydrogen-bond acceptors (Lipinski definition) is 4. The summed E-state index contributed by atoms with van der Waals surface area (Å²) < 4.78 is 14.8. The molecule has 2 N–H and O–H groups in total. The minimum absolute atomic E-state index is 0.326. The van der Waals surface area contributed by atoms with Gasteiger partial charge in [0.05, 0.1) is 5.39 Å². The number of carbonyl (C=O) groups is 1. The molecule has 0 saturated carbocycles. The Bertz CT molecular complexity index is 1290. The summed E-state index contributed by atoms with van der Waals surface area (Å²) in [5.41, 5.74) is 7.48. The summed E-state index contributed by atoms with van der Waals surface area (Å²) in [6, 6.07) is 14.5. The van der Waals surface area contributed by atoms with Crippen molar-refractivity contribution in [2.45, 2.75) is 26.3 Å². The van der Waals surface area contributed by atoms with Crippen molar-refractivity contribution in [1.82, 2.24) is 9.55 Å². The predicted molar refractivity (Wildman–Crippen MR) is 118 cm³/mol. The van der Waals surface area contributed by atoms with Gasteiger partial charge in [0.25, 0.3) is 5.56 Å². The number of aromatic nitrogens is 2. The molecule has 0 aliphatic carbocycles. The van der Waals surface area contributed by atoms with Crippen molar-refractivity contribution in [2.75, 3.05) is 0 Å². The smallest absolute Gasteiger partial charge is 0.263 e. The van der Waals surface area contributed by atoms with Crippen molar-refractivity contribution < 1.29 is 9.18 Å². The van der Waals surface area contributed by atoms with E-state index in [2.05, 4.69) is 0 Å². The van der Waals surface area contributed by atoms with Gasteiger partial charge in [0.15, 0.2) is 0 Å². The van der Waals surface area contributed by atoms with E-state index in [1.165, 1.54) is 28.0 Å². The van der Waals surface area contributed by atoms with Gasteiger partial charge in [-0.25, -0.2) is 9.37 Å². The average molecular weight is 421 g/mol. The molecule has 0 aliphatic rings. The Balaban J connectivity index is 2.11. The van der Waals surface area contributed by atoms with Crippen LogP contribution in [-0.4, -0.2) is 15.5 Å². The number of thiophene rings is 1. The summed E-state index contributed by atoms with van der Waals surface area (Å²) in [7, 11) is 0. The minimum atomic E-state index is -0.828. The van der Waals surface area contributed by atoms with E-state index in [1.807, 2.05) is 37.3 Å². The van der Waals surface area contributed by atoms with Gasteiger partial charge >= 0.3 is 0 Å². The largest absolute Gasteiger partial charge is 0.368 e. The normalized spacial score (nSPS) is 12.2. The van der Waals surface area contributed by atoms with E-state index >= 15 is 0 Å². The van der Waals surface area contributed by atoms with E-state index < -0.39 is 11.9 Å². The Morgan fingerprint density at radius 3 is 2.40 bits per heavy atom. The molecule has 2 aromatic carbocycles. The third-order valence-electron chi connectivity index (χ3n) is 5.13. The van der Waals surface area contributed by atoms with Crippen molar-refractivity contribution in [2.24, 2.45) is 5.73 Å². The second kappa shape index (κ2) is 7.84. The molecule has 0 fully saturated rings. The van der Waals surface area contributed by atoms with E-state index in [0.717, 1.165) is 16.0 Å². The first-order valence-corrected chi connectivity index (χ1v) is 10.4. The maximum absolute atomic E-state index is 13.7. The number of carbonyl (C=O) groups excluding carboxylic acids is 1. The van der Waals surface area contributed by atoms with Gasteiger partial charge in [0, 0.05) is 16.0 Å². The summed E-state index contributed by atoms with van der Waals surface area (Å²) in [6.45, 7) is 3.71. The number of halogens is 1. The fourth-order valence-corrected chi connectivity index (χ4v) is 4.76. The molecule has 4 rings (SSSR count). The summed E-state index contributed by atoms with van der Waals surface area (Å²) in [4.78, 5) is 32.2. The number of amides is 1. The Hall–Kier alpha value is -3.32.